The maximum atomic E-state index is 12.7. The number of thioether (sulfide) groups is 1. The van der Waals surface area contributed by atoms with Crippen LogP contribution in [-0.4, -0.2) is 35.9 Å². The Bertz CT molecular complexity index is 195. The second kappa shape index (κ2) is 4.23. The monoisotopic (exact) mass is 210 g/mol. The van der Waals surface area contributed by atoms with Crippen molar-refractivity contribution in [3.8, 4) is 0 Å². The SMILES string of the molecule is NCC(F)(F)C(=O)NC1CCSC1. The van der Waals surface area contributed by atoms with E-state index in [0.29, 0.717) is 5.75 Å². The van der Waals surface area contributed by atoms with Gasteiger partial charge in [-0.25, -0.2) is 0 Å². The van der Waals surface area contributed by atoms with Crippen LogP contribution in [0.4, 0.5) is 8.78 Å². The highest BCUT2D eigenvalue weighted by molar-refractivity contribution is 7.99. The zero-order valence-electron chi connectivity index (χ0n) is 7.06. The van der Waals surface area contributed by atoms with Crippen LogP contribution in [0.5, 0.6) is 0 Å². The van der Waals surface area contributed by atoms with Crippen LogP contribution in [0.25, 0.3) is 0 Å². The third-order valence-electron chi connectivity index (χ3n) is 1.85. The van der Waals surface area contributed by atoms with Gasteiger partial charge in [0.1, 0.15) is 0 Å². The van der Waals surface area contributed by atoms with E-state index in [1.807, 2.05) is 0 Å². The number of alkyl halides is 2. The molecule has 0 aromatic rings. The lowest BCUT2D eigenvalue weighted by molar-refractivity contribution is -0.144. The van der Waals surface area contributed by atoms with Crippen LogP contribution in [-0.2, 0) is 4.79 Å². The summed E-state index contributed by atoms with van der Waals surface area (Å²) in [4.78, 5) is 10.9. The predicted octanol–water partition coefficient (Wildman–Crippen LogP) is 0.202. The molecule has 1 fully saturated rings. The standard InChI is InChI=1S/C7H12F2N2OS/c8-7(9,4-10)6(12)11-5-1-2-13-3-5/h5H,1-4,10H2,(H,11,12). The van der Waals surface area contributed by atoms with Gasteiger partial charge < -0.3 is 11.1 Å². The minimum atomic E-state index is -3.42. The Morgan fingerprint density at radius 3 is 2.85 bits per heavy atom. The first-order chi connectivity index (χ1) is 6.06. The van der Waals surface area contributed by atoms with Gasteiger partial charge in [-0.05, 0) is 12.2 Å². The maximum Gasteiger partial charge on any atom is 0.336 e. The number of hydrogen-bond acceptors (Lipinski definition) is 3. The Hall–Kier alpha value is -0.360. The van der Waals surface area contributed by atoms with E-state index in [4.69, 9.17) is 5.73 Å². The number of hydrogen-bond donors (Lipinski definition) is 2. The molecule has 3 N–H and O–H groups in total. The lowest BCUT2D eigenvalue weighted by Gasteiger charge is -2.17. The molecule has 0 aromatic heterocycles. The summed E-state index contributed by atoms with van der Waals surface area (Å²) in [5.74, 6) is -3.04. The van der Waals surface area contributed by atoms with Gasteiger partial charge in [-0.15, -0.1) is 0 Å². The topological polar surface area (TPSA) is 55.1 Å². The van der Waals surface area contributed by atoms with Gasteiger partial charge in [0.15, 0.2) is 0 Å². The fourth-order valence-corrected chi connectivity index (χ4v) is 2.18. The quantitative estimate of drug-likeness (QED) is 0.699. The molecule has 1 rings (SSSR count). The number of halogens is 2. The van der Waals surface area contributed by atoms with Crippen LogP contribution in [0, 0.1) is 0 Å². The van der Waals surface area contributed by atoms with E-state index >= 15 is 0 Å². The van der Waals surface area contributed by atoms with Crippen molar-refractivity contribution in [3.63, 3.8) is 0 Å². The summed E-state index contributed by atoms with van der Waals surface area (Å²) in [5.41, 5.74) is 4.77. The highest BCUT2D eigenvalue weighted by atomic mass is 32.2. The van der Waals surface area contributed by atoms with Crippen molar-refractivity contribution in [1.29, 1.82) is 0 Å². The Morgan fingerprint density at radius 1 is 1.69 bits per heavy atom. The molecular formula is C7H12F2N2OS. The molecule has 1 heterocycles. The average molecular weight is 210 g/mol. The van der Waals surface area contributed by atoms with Gasteiger partial charge in [0, 0.05) is 11.8 Å². The molecular weight excluding hydrogens is 198 g/mol. The molecule has 0 aromatic carbocycles. The van der Waals surface area contributed by atoms with Crippen LogP contribution in [0.1, 0.15) is 6.42 Å². The number of rotatable bonds is 3. The van der Waals surface area contributed by atoms with E-state index in [1.165, 1.54) is 0 Å². The summed E-state index contributed by atoms with van der Waals surface area (Å²) >= 11 is 1.65. The molecule has 1 amide bonds. The lowest BCUT2D eigenvalue weighted by atomic mass is 10.2. The third kappa shape index (κ3) is 2.80. The first-order valence-electron chi connectivity index (χ1n) is 4.03. The summed E-state index contributed by atoms with van der Waals surface area (Å²) in [6.07, 6.45) is 0.761. The highest BCUT2D eigenvalue weighted by Crippen LogP contribution is 2.19. The summed E-state index contributed by atoms with van der Waals surface area (Å²) in [7, 11) is 0. The first-order valence-corrected chi connectivity index (χ1v) is 5.18. The number of carbonyl (C=O) groups is 1. The summed E-state index contributed by atoms with van der Waals surface area (Å²) < 4.78 is 25.3. The normalized spacial score (nSPS) is 23.2. The summed E-state index contributed by atoms with van der Waals surface area (Å²) in [6.45, 7) is -0.932. The van der Waals surface area contributed by atoms with E-state index in [9.17, 15) is 13.6 Å². The van der Waals surface area contributed by atoms with Crippen molar-refractivity contribution >= 4 is 17.7 Å². The van der Waals surface area contributed by atoms with Crippen molar-refractivity contribution in [2.75, 3.05) is 18.1 Å². The van der Waals surface area contributed by atoms with Crippen molar-refractivity contribution < 1.29 is 13.6 Å². The van der Waals surface area contributed by atoms with E-state index in [-0.39, 0.29) is 6.04 Å². The summed E-state index contributed by atoms with van der Waals surface area (Å²) in [6, 6.07) is -0.116. The van der Waals surface area contributed by atoms with Crippen molar-refractivity contribution in [3.05, 3.63) is 0 Å². The Labute approximate surface area is 79.4 Å². The number of amides is 1. The van der Waals surface area contributed by atoms with Crippen LogP contribution in [0.2, 0.25) is 0 Å². The van der Waals surface area contributed by atoms with Crippen molar-refractivity contribution in [2.24, 2.45) is 5.73 Å². The molecule has 1 aliphatic heterocycles. The van der Waals surface area contributed by atoms with Gasteiger partial charge >= 0.3 is 5.92 Å². The zero-order valence-corrected chi connectivity index (χ0v) is 7.87. The molecule has 1 atom stereocenters. The number of carbonyl (C=O) groups excluding carboxylic acids is 1. The van der Waals surface area contributed by atoms with Crippen LogP contribution >= 0.6 is 11.8 Å². The van der Waals surface area contributed by atoms with Crippen LogP contribution in [0.15, 0.2) is 0 Å². The third-order valence-corrected chi connectivity index (χ3v) is 3.02. The molecule has 76 valence electrons. The van der Waals surface area contributed by atoms with Crippen LogP contribution < -0.4 is 11.1 Å². The number of nitrogens with one attached hydrogen (secondary N) is 1. The fraction of sp³-hybridized carbons (Fsp3) is 0.857. The van der Waals surface area contributed by atoms with Gasteiger partial charge in [0.05, 0.1) is 6.54 Å². The van der Waals surface area contributed by atoms with Gasteiger partial charge in [-0.3, -0.25) is 4.79 Å². The Kier molecular flexibility index (Phi) is 3.49. The molecule has 0 radical (unpaired) electrons. The van der Waals surface area contributed by atoms with Gasteiger partial charge in [0.25, 0.3) is 5.91 Å². The molecule has 6 heteroatoms. The fourth-order valence-electron chi connectivity index (χ4n) is 1.03. The molecule has 1 aliphatic rings. The van der Waals surface area contributed by atoms with Gasteiger partial charge in [0.2, 0.25) is 0 Å². The lowest BCUT2D eigenvalue weighted by Crippen LogP contribution is -2.48. The predicted molar refractivity (Wildman–Crippen MR) is 47.9 cm³/mol. The smallest absolute Gasteiger partial charge is 0.336 e. The van der Waals surface area contributed by atoms with Crippen molar-refractivity contribution in [2.45, 2.75) is 18.4 Å². The molecule has 13 heavy (non-hydrogen) atoms. The van der Waals surface area contributed by atoms with Gasteiger partial charge in [-0.2, -0.15) is 20.5 Å². The molecule has 3 nitrogen and oxygen atoms in total. The molecule has 1 unspecified atom stereocenters. The van der Waals surface area contributed by atoms with E-state index < -0.39 is 18.4 Å². The number of nitrogens with two attached hydrogens (primary N) is 1. The van der Waals surface area contributed by atoms with E-state index in [1.54, 1.807) is 11.8 Å². The Balaban J connectivity index is 2.39. The van der Waals surface area contributed by atoms with Crippen LogP contribution in [0.3, 0.4) is 0 Å². The average Bonchev–Trinajstić information content (AvgIpc) is 2.57. The first kappa shape index (κ1) is 10.7. The molecule has 0 aliphatic carbocycles. The van der Waals surface area contributed by atoms with E-state index in [0.717, 1.165) is 12.2 Å². The molecule has 0 spiro atoms. The molecule has 1 saturated heterocycles. The van der Waals surface area contributed by atoms with Crippen molar-refractivity contribution in [1.82, 2.24) is 5.32 Å². The molecule has 0 bridgehead atoms. The maximum absolute atomic E-state index is 12.7. The van der Waals surface area contributed by atoms with E-state index in [2.05, 4.69) is 5.32 Å². The second-order valence-corrected chi connectivity index (χ2v) is 4.09. The van der Waals surface area contributed by atoms with Gasteiger partial charge in [-0.1, -0.05) is 0 Å². The second-order valence-electron chi connectivity index (χ2n) is 2.94. The Morgan fingerprint density at radius 2 is 2.38 bits per heavy atom. The zero-order chi connectivity index (χ0) is 9.90. The highest BCUT2D eigenvalue weighted by Gasteiger charge is 2.38. The summed E-state index contributed by atoms with van der Waals surface area (Å²) in [5, 5.41) is 2.28. The molecule has 0 saturated carbocycles. The minimum Gasteiger partial charge on any atom is -0.347 e. The largest absolute Gasteiger partial charge is 0.347 e. The minimum absolute atomic E-state index is 0.116.